The maximum absolute atomic E-state index is 12.9. The van der Waals surface area contributed by atoms with Crippen molar-refractivity contribution < 1.29 is 9.69 Å². The minimum Gasteiger partial charge on any atom is -0.344 e. The molecular formula is C23H26N3OS+. The number of hydrogen-bond acceptors (Lipinski definition) is 3. The third kappa shape index (κ3) is 3.45. The topological polar surface area (TPSA) is 46.4 Å². The zero-order valence-electron chi connectivity index (χ0n) is 16.0. The monoisotopic (exact) mass is 392 g/mol. The van der Waals surface area contributed by atoms with Crippen LogP contribution in [-0.4, -0.2) is 24.0 Å². The molecule has 3 aromatic rings. The minimum absolute atomic E-state index is 0.167. The number of para-hydroxylation sites is 1. The molecule has 2 heterocycles. The molecule has 1 aliphatic carbocycles. The van der Waals surface area contributed by atoms with Crippen molar-refractivity contribution in [1.29, 1.82) is 0 Å². The molecular weight excluding hydrogens is 366 g/mol. The maximum atomic E-state index is 12.9. The summed E-state index contributed by atoms with van der Waals surface area (Å²) >= 11 is 1.79. The van der Waals surface area contributed by atoms with Crippen molar-refractivity contribution in [2.24, 2.45) is 0 Å². The maximum Gasteiger partial charge on any atom is 0.275 e. The molecule has 2 aromatic carbocycles. The van der Waals surface area contributed by atoms with Crippen LogP contribution in [0.15, 0.2) is 48.5 Å². The zero-order valence-corrected chi connectivity index (χ0v) is 16.8. The number of likely N-dealkylation sites (tertiary alicyclic amines) is 1. The van der Waals surface area contributed by atoms with Crippen LogP contribution in [0.25, 0.3) is 10.2 Å². The van der Waals surface area contributed by atoms with E-state index in [1.54, 1.807) is 11.3 Å². The van der Waals surface area contributed by atoms with Gasteiger partial charge in [0.1, 0.15) is 6.04 Å². The Hall–Kier alpha value is -2.24. The molecule has 1 amide bonds. The van der Waals surface area contributed by atoms with Crippen LogP contribution in [-0.2, 0) is 11.2 Å². The van der Waals surface area contributed by atoms with Gasteiger partial charge in [-0.15, -0.1) is 11.3 Å². The van der Waals surface area contributed by atoms with Gasteiger partial charge in [-0.2, -0.15) is 0 Å². The number of carbonyl (C=O) groups excluding carboxylic acids is 1. The number of rotatable bonds is 4. The lowest BCUT2D eigenvalue weighted by molar-refractivity contribution is -0.910. The fourth-order valence-corrected chi connectivity index (χ4v) is 5.98. The van der Waals surface area contributed by atoms with Crippen molar-refractivity contribution in [3.8, 4) is 0 Å². The van der Waals surface area contributed by atoms with Gasteiger partial charge in [-0.3, -0.25) is 4.79 Å². The Morgan fingerprint density at radius 3 is 2.89 bits per heavy atom. The van der Waals surface area contributed by atoms with Crippen LogP contribution in [0.2, 0.25) is 0 Å². The van der Waals surface area contributed by atoms with E-state index in [9.17, 15) is 4.79 Å². The number of thiazole rings is 1. The number of nitrogens with zero attached hydrogens (tertiary/aromatic N) is 1. The average Bonchev–Trinajstić information content (AvgIpc) is 3.34. The summed E-state index contributed by atoms with van der Waals surface area (Å²) in [7, 11) is 0. The molecule has 1 fully saturated rings. The predicted octanol–water partition coefficient (Wildman–Crippen LogP) is 3.21. The summed E-state index contributed by atoms with van der Waals surface area (Å²) in [6.45, 7) is 1.59. The number of nitrogens with one attached hydrogen (secondary N) is 2. The first-order valence-electron chi connectivity index (χ1n) is 10.3. The molecule has 1 aromatic heterocycles. The molecule has 5 heteroatoms. The van der Waals surface area contributed by atoms with Gasteiger partial charge in [0, 0.05) is 12.8 Å². The van der Waals surface area contributed by atoms with Crippen molar-refractivity contribution in [3.05, 3.63) is 64.7 Å². The number of amides is 1. The first-order chi connectivity index (χ1) is 13.8. The van der Waals surface area contributed by atoms with Crippen LogP contribution >= 0.6 is 11.3 Å². The second kappa shape index (κ2) is 7.64. The highest BCUT2D eigenvalue weighted by Gasteiger charge is 2.34. The SMILES string of the molecule is O=C(C[NH+]1CCC[C@H]1c1nc2ccccc2s1)N[C@@H]1CCCc2ccccc21. The van der Waals surface area contributed by atoms with E-state index in [2.05, 4.69) is 47.8 Å². The van der Waals surface area contributed by atoms with Gasteiger partial charge in [-0.05, 0) is 42.5 Å². The molecule has 0 bridgehead atoms. The van der Waals surface area contributed by atoms with E-state index in [1.165, 1.54) is 25.7 Å². The number of fused-ring (bicyclic) bond motifs is 2. The summed E-state index contributed by atoms with van der Waals surface area (Å²) in [5.41, 5.74) is 3.78. The Balaban J connectivity index is 1.28. The lowest BCUT2D eigenvalue weighted by Crippen LogP contribution is -3.11. The Labute approximate surface area is 169 Å². The second-order valence-electron chi connectivity index (χ2n) is 8.01. The highest BCUT2D eigenvalue weighted by Crippen LogP contribution is 2.30. The molecule has 0 saturated carbocycles. The third-order valence-corrected chi connectivity index (χ3v) is 7.33. The van der Waals surface area contributed by atoms with Crippen LogP contribution in [0.4, 0.5) is 0 Å². The van der Waals surface area contributed by atoms with E-state index in [0.717, 1.165) is 44.2 Å². The standard InChI is InChI=1S/C23H25N3OS/c27-22(24-18-11-5-8-16-7-1-2-9-17(16)18)15-26-14-6-12-20(26)23-25-19-10-3-4-13-21(19)28-23/h1-4,7,9-10,13,18,20H,5-6,8,11-12,14-15H2,(H,24,27)/p+1/t18-,20+/m1/s1. The second-order valence-corrected chi connectivity index (χ2v) is 9.07. The van der Waals surface area contributed by atoms with Gasteiger partial charge in [-0.25, -0.2) is 4.98 Å². The highest BCUT2D eigenvalue weighted by atomic mass is 32.1. The summed E-state index contributed by atoms with van der Waals surface area (Å²) in [5, 5.41) is 4.51. The fraction of sp³-hybridized carbons (Fsp3) is 0.391. The van der Waals surface area contributed by atoms with Crippen LogP contribution in [0.3, 0.4) is 0 Å². The van der Waals surface area contributed by atoms with Crippen LogP contribution in [0, 0.1) is 0 Å². The van der Waals surface area contributed by atoms with Gasteiger partial charge in [0.2, 0.25) is 0 Å². The van der Waals surface area contributed by atoms with Gasteiger partial charge in [-0.1, -0.05) is 36.4 Å². The number of carbonyl (C=O) groups is 1. The normalized spacial score (nSPS) is 24.2. The first kappa shape index (κ1) is 17.8. The summed E-state index contributed by atoms with van der Waals surface area (Å²) in [6, 6.07) is 17.4. The first-order valence-corrected chi connectivity index (χ1v) is 11.2. The fourth-order valence-electron chi connectivity index (χ4n) is 4.82. The van der Waals surface area contributed by atoms with E-state index in [-0.39, 0.29) is 11.9 Å². The van der Waals surface area contributed by atoms with Gasteiger partial charge in [0.15, 0.2) is 11.6 Å². The van der Waals surface area contributed by atoms with Crippen LogP contribution in [0.5, 0.6) is 0 Å². The Kier molecular flexibility index (Phi) is 4.87. The van der Waals surface area contributed by atoms with Crippen molar-refractivity contribution in [3.63, 3.8) is 0 Å². The molecule has 0 spiro atoms. The number of quaternary nitrogens is 1. The molecule has 5 rings (SSSR count). The molecule has 1 aliphatic heterocycles. The summed E-state index contributed by atoms with van der Waals surface area (Å²) < 4.78 is 1.24. The average molecular weight is 393 g/mol. The lowest BCUT2D eigenvalue weighted by atomic mass is 9.88. The molecule has 144 valence electrons. The molecule has 2 aliphatic rings. The molecule has 2 N–H and O–H groups in total. The molecule has 1 unspecified atom stereocenters. The predicted molar refractivity (Wildman–Crippen MR) is 113 cm³/mol. The van der Waals surface area contributed by atoms with E-state index < -0.39 is 0 Å². The van der Waals surface area contributed by atoms with E-state index in [4.69, 9.17) is 4.98 Å². The smallest absolute Gasteiger partial charge is 0.275 e. The summed E-state index contributed by atoms with van der Waals surface area (Å²) in [6.07, 6.45) is 5.59. The largest absolute Gasteiger partial charge is 0.344 e. The Bertz CT molecular complexity index is 965. The Morgan fingerprint density at radius 1 is 1.11 bits per heavy atom. The lowest BCUT2D eigenvalue weighted by Gasteiger charge is -2.27. The Morgan fingerprint density at radius 2 is 1.96 bits per heavy atom. The molecule has 0 radical (unpaired) electrons. The minimum atomic E-state index is 0.167. The number of aromatic nitrogens is 1. The van der Waals surface area contributed by atoms with E-state index in [0.29, 0.717) is 12.6 Å². The summed E-state index contributed by atoms with van der Waals surface area (Å²) in [4.78, 5) is 19.1. The molecule has 3 atom stereocenters. The van der Waals surface area contributed by atoms with Crippen LogP contribution < -0.4 is 10.2 Å². The van der Waals surface area contributed by atoms with Gasteiger partial charge >= 0.3 is 0 Å². The summed E-state index contributed by atoms with van der Waals surface area (Å²) in [5.74, 6) is 0.171. The molecule has 28 heavy (non-hydrogen) atoms. The van der Waals surface area contributed by atoms with Crippen LogP contribution in [0.1, 0.15) is 53.9 Å². The van der Waals surface area contributed by atoms with Gasteiger partial charge < -0.3 is 10.2 Å². The van der Waals surface area contributed by atoms with Gasteiger partial charge in [0.25, 0.3) is 5.91 Å². The van der Waals surface area contributed by atoms with Crippen molar-refractivity contribution in [2.45, 2.75) is 44.2 Å². The van der Waals surface area contributed by atoms with Crippen molar-refractivity contribution in [2.75, 3.05) is 13.1 Å². The van der Waals surface area contributed by atoms with Crippen molar-refractivity contribution >= 4 is 27.5 Å². The number of aryl methyl sites for hydroxylation is 1. The van der Waals surface area contributed by atoms with E-state index >= 15 is 0 Å². The zero-order chi connectivity index (χ0) is 18.9. The number of hydrogen-bond donors (Lipinski definition) is 2. The van der Waals surface area contributed by atoms with E-state index in [1.807, 2.05) is 6.07 Å². The van der Waals surface area contributed by atoms with Gasteiger partial charge in [0.05, 0.1) is 22.8 Å². The van der Waals surface area contributed by atoms with Crippen molar-refractivity contribution in [1.82, 2.24) is 10.3 Å². The molecule has 1 saturated heterocycles. The highest BCUT2D eigenvalue weighted by molar-refractivity contribution is 7.18. The quantitative estimate of drug-likeness (QED) is 0.716. The molecule has 4 nitrogen and oxygen atoms in total. The number of benzene rings is 2. The third-order valence-electron chi connectivity index (χ3n) is 6.18.